The van der Waals surface area contributed by atoms with Crippen LogP contribution in [-0.4, -0.2) is 23.8 Å². The van der Waals surface area contributed by atoms with Crippen LogP contribution >= 0.6 is 0 Å². The maximum Gasteiger partial charge on any atom is 0.0679 e. The molecule has 2 atom stereocenters. The molecular weight excluding hydrogens is 198 g/mol. The molecule has 16 heavy (non-hydrogen) atoms. The van der Waals surface area contributed by atoms with E-state index in [9.17, 15) is 5.11 Å². The van der Waals surface area contributed by atoms with E-state index in [1.54, 1.807) is 0 Å². The lowest BCUT2D eigenvalue weighted by Gasteiger charge is -2.09. The number of unbranched alkanes of at least 4 members (excludes halogenated alkanes) is 7. The molecule has 0 amide bonds. The molecule has 0 bridgehead atoms. The average molecular weight is 227 g/mol. The van der Waals surface area contributed by atoms with E-state index in [0.717, 1.165) is 13.0 Å². The van der Waals surface area contributed by atoms with Crippen LogP contribution in [0.4, 0.5) is 0 Å². The normalized spacial score (nSPS) is 25.1. The summed E-state index contributed by atoms with van der Waals surface area (Å²) in [5, 5.41) is 12.7. The Bertz CT molecular complexity index is 161. The van der Waals surface area contributed by atoms with Gasteiger partial charge in [0.2, 0.25) is 0 Å². The van der Waals surface area contributed by atoms with Gasteiger partial charge in [-0.25, -0.2) is 0 Å². The first-order valence-corrected chi connectivity index (χ1v) is 7.24. The van der Waals surface area contributed by atoms with Crippen molar-refractivity contribution in [3.8, 4) is 0 Å². The third-order valence-electron chi connectivity index (χ3n) is 3.60. The van der Waals surface area contributed by atoms with Gasteiger partial charge in [-0.05, 0) is 12.8 Å². The molecule has 96 valence electrons. The molecule has 2 unspecified atom stereocenters. The number of β-amino-alcohol motifs (C(OH)–C–C–N with tert-alkyl or cyclic N) is 1. The van der Waals surface area contributed by atoms with E-state index in [1.165, 1.54) is 57.8 Å². The van der Waals surface area contributed by atoms with Crippen molar-refractivity contribution in [3.63, 3.8) is 0 Å². The zero-order chi connectivity index (χ0) is 11.6. The Kier molecular flexibility index (Phi) is 7.87. The Morgan fingerprint density at radius 1 is 1.00 bits per heavy atom. The van der Waals surface area contributed by atoms with E-state index in [-0.39, 0.29) is 6.10 Å². The van der Waals surface area contributed by atoms with Crippen molar-refractivity contribution in [1.29, 1.82) is 0 Å². The number of aliphatic hydroxyl groups excluding tert-OH is 1. The van der Waals surface area contributed by atoms with Crippen LogP contribution in [0.3, 0.4) is 0 Å². The minimum absolute atomic E-state index is 0.0842. The molecule has 2 heteroatoms. The first-order chi connectivity index (χ1) is 7.83. The smallest absolute Gasteiger partial charge is 0.0679 e. The zero-order valence-corrected chi connectivity index (χ0v) is 10.9. The van der Waals surface area contributed by atoms with Crippen LogP contribution in [0.5, 0.6) is 0 Å². The number of nitrogens with one attached hydrogen (secondary N) is 1. The highest BCUT2D eigenvalue weighted by atomic mass is 16.3. The molecule has 2 nitrogen and oxygen atoms in total. The van der Waals surface area contributed by atoms with Crippen LogP contribution in [0.1, 0.15) is 71.1 Å². The van der Waals surface area contributed by atoms with Crippen LogP contribution < -0.4 is 5.32 Å². The van der Waals surface area contributed by atoms with Crippen molar-refractivity contribution < 1.29 is 5.11 Å². The van der Waals surface area contributed by atoms with Gasteiger partial charge < -0.3 is 10.4 Å². The lowest BCUT2D eigenvalue weighted by Crippen LogP contribution is -2.21. The molecule has 0 aromatic carbocycles. The molecule has 1 aliphatic rings. The van der Waals surface area contributed by atoms with Crippen molar-refractivity contribution >= 4 is 0 Å². The number of rotatable bonds is 9. The molecule has 1 aliphatic heterocycles. The topological polar surface area (TPSA) is 32.3 Å². The van der Waals surface area contributed by atoms with Gasteiger partial charge in [-0.2, -0.15) is 0 Å². The summed E-state index contributed by atoms with van der Waals surface area (Å²) in [6.07, 6.45) is 13.3. The fraction of sp³-hybridized carbons (Fsp3) is 1.00. The molecule has 0 aliphatic carbocycles. The van der Waals surface area contributed by atoms with E-state index >= 15 is 0 Å². The minimum Gasteiger partial charge on any atom is -0.392 e. The average Bonchev–Trinajstić information content (AvgIpc) is 2.68. The molecule has 1 rings (SSSR count). The second kappa shape index (κ2) is 9.00. The highest BCUT2D eigenvalue weighted by Gasteiger charge is 2.20. The molecular formula is C14H29NO. The van der Waals surface area contributed by atoms with Gasteiger partial charge in [0, 0.05) is 12.6 Å². The number of aliphatic hydroxyl groups is 1. The summed E-state index contributed by atoms with van der Waals surface area (Å²) in [6, 6.07) is 0.593. The second-order valence-corrected chi connectivity index (χ2v) is 5.26. The lowest BCUT2D eigenvalue weighted by molar-refractivity contribution is 0.192. The molecule has 1 heterocycles. The largest absolute Gasteiger partial charge is 0.392 e. The highest BCUT2D eigenvalue weighted by Crippen LogP contribution is 2.15. The first-order valence-electron chi connectivity index (χ1n) is 7.24. The molecule has 0 aromatic heterocycles. The lowest BCUT2D eigenvalue weighted by atomic mass is 10.0. The fourth-order valence-electron chi connectivity index (χ4n) is 2.54. The minimum atomic E-state index is -0.0842. The summed E-state index contributed by atoms with van der Waals surface area (Å²) in [5.74, 6) is 0. The van der Waals surface area contributed by atoms with Gasteiger partial charge in [0.05, 0.1) is 6.10 Å². The zero-order valence-electron chi connectivity index (χ0n) is 10.9. The highest BCUT2D eigenvalue weighted by molar-refractivity contribution is 4.80. The van der Waals surface area contributed by atoms with Gasteiger partial charge in [-0.1, -0.05) is 58.3 Å². The van der Waals surface area contributed by atoms with E-state index in [0.29, 0.717) is 6.04 Å². The Balaban J connectivity index is 1.78. The van der Waals surface area contributed by atoms with E-state index in [4.69, 9.17) is 0 Å². The molecule has 1 fully saturated rings. The Morgan fingerprint density at radius 3 is 2.19 bits per heavy atom. The van der Waals surface area contributed by atoms with E-state index < -0.39 is 0 Å². The third kappa shape index (κ3) is 6.49. The molecule has 0 saturated carbocycles. The van der Waals surface area contributed by atoms with Crippen LogP contribution in [-0.2, 0) is 0 Å². The van der Waals surface area contributed by atoms with Crippen LogP contribution in [0.2, 0.25) is 0 Å². The number of hydrogen-bond donors (Lipinski definition) is 2. The van der Waals surface area contributed by atoms with E-state index in [2.05, 4.69) is 12.2 Å². The third-order valence-corrected chi connectivity index (χ3v) is 3.60. The van der Waals surface area contributed by atoms with Crippen molar-refractivity contribution in [3.05, 3.63) is 0 Å². The van der Waals surface area contributed by atoms with Gasteiger partial charge in [-0.3, -0.25) is 0 Å². The Hall–Kier alpha value is -0.0800. The van der Waals surface area contributed by atoms with Gasteiger partial charge in [0.15, 0.2) is 0 Å². The molecule has 1 saturated heterocycles. The van der Waals surface area contributed by atoms with Crippen LogP contribution in [0.25, 0.3) is 0 Å². The maximum atomic E-state index is 9.36. The summed E-state index contributed by atoms with van der Waals surface area (Å²) in [5.41, 5.74) is 0. The van der Waals surface area contributed by atoms with E-state index in [1.807, 2.05) is 0 Å². The summed E-state index contributed by atoms with van der Waals surface area (Å²) in [4.78, 5) is 0. The Morgan fingerprint density at radius 2 is 1.62 bits per heavy atom. The van der Waals surface area contributed by atoms with Crippen LogP contribution in [0.15, 0.2) is 0 Å². The van der Waals surface area contributed by atoms with Gasteiger partial charge in [0.25, 0.3) is 0 Å². The van der Waals surface area contributed by atoms with Crippen molar-refractivity contribution in [1.82, 2.24) is 5.32 Å². The molecule has 0 spiro atoms. The summed E-state index contributed by atoms with van der Waals surface area (Å²) >= 11 is 0. The quantitative estimate of drug-likeness (QED) is 0.593. The van der Waals surface area contributed by atoms with Crippen molar-refractivity contribution in [2.45, 2.75) is 83.3 Å². The van der Waals surface area contributed by atoms with Gasteiger partial charge in [-0.15, -0.1) is 0 Å². The summed E-state index contributed by atoms with van der Waals surface area (Å²) in [7, 11) is 0. The predicted molar refractivity (Wildman–Crippen MR) is 69.6 cm³/mol. The van der Waals surface area contributed by atoms with Crippen LogP contribution in [0, 0.1) is 0 Å². The standard InChI is InChI=1S/C14H29NO/c1-2-3-4-5-6-7-8-9-10-13-11-14(16)12-15-13/h13-16H,2-12H2,1H3. The molecule has 2 N–H and O–H groups in total. The Labute approximate surface area is 101 Å². The van der Waals surface area contributed by atoms with Crippen molar-refractivity contribution in [2.75, 3.05) is 6.54 Å². The maximum absolute atomic E-state index is 9.36. The fourth-order valence-corrected chi connectivity index (χ4v) is 2.54. The van der Waals surface area contributed by atoms with Gasteiger partial charge in [0.1, 0.15) is 0 Å². The van der Waals surface area contributed by atoms with Gasteiger partial charge >= 0.3 is 0 Å². The number of hydrogen-bond acceptors (Lipinski definition) is 2. The first kappa shape index (κ1) is 14.0. The van der Waals surface area contributed by atoms with Crippen molar-refractivity contribution in [2.24, 2.45) is 0 Å². The molecule has 0 aromatic rings. The summed E-state index contributed by atoms with van der Waals surface area (Å²) in [6.45, 7) is 3.07. The monoisotopic (exact) mass is 227 g/mol. The predicted octanol–water partition coefficient (Wildman–Crippen LogP) is 3.24. The SMILES string of the molecule is CCCCCCCCCCC1CC(O)CN1. The summed E-state index contributed by atoms with van der Waals surface area (Å²) < 4.78 is 0. The molecule has 0 radical (unpaired) electrons. The second-order valence-electron chi connectivity index (χ2n) is 5.26.